The number of hydrogen-bond acceptors (Lipinski definition) is 5. The Morgan fingerprint density at radius 2 is 1.67 bits per heavy atom. The molecular formula is C22H23BrF2O5. The van der Waals surface area contributed by atoms with Crippen molar-refractivity contribution < 1.29 is 32.5 Å². The van der Waals surface area contributed by atoms with Crippen LogP contribution in [0.15, 0.2) is 40.9 Å². The van der Waals surface area contributed by atoms with Gasteiger partial charge < -0.3 is 23.7 Å². The van der Waals surface area contributed by atoms with Gasteiger partial charge in [0.05, 0.1) is 4.47 Å². The van der Waals surface area contributed by atoms with Crippen molar-refractivity contribution in [2.75, 3.05) is 27.8 Å². The van der Waals surface area contributed by atoms with Crippen LogP contribution in [0.25, 0.3) is 0 Å². The molecule has 1 aliphatic heterocycles. The average Bonchev–Trinajstić information content (AvgIpc) is 3.06. The van der Waals surface area contributed by atoms with Crippen molar-refractivity contribution in [1.29, 1.82) is 0 Å². The van der Waals surface area contributed by atoms with Gasteiger partial charge in [-0.05, 0) is 45.8 Å². The molecule has 1 heterocycles. The van der Waals surface area contributed by atoms with Crippen molar-refractivity contribution in [1.82, 2.24) is 0 Å². The van der Waals surface area contributed by atoms with Gasteiger partial charge in [-0.15, -0.1) is 0 Å². The highest BCUT2D eigenvalue weighted by molar-refractivity contribution is 9.10. The van der Waals surface area contributed by atoms with E-state index in [4.69, 9.17) is 23.7 Å². The Balaban J connectivity index is 1.68. The zero-order valence-corrected chi connectivity index (χ0v) is 18.3. The summed E-state index contributed by atoms with van der Waals surface area (Å²) in [6, 6.07) is 10.9. The number of methoxy groups -OCH3 is 2. The number of fused-ring (bicyclic) bond motifs is 3. The third kappa shape index (κ3) is 4.26. The molecule has 1 saturated carbocycles. The molecule has 3 atom stereocenters. The van der Waals surface area contributed by atoms with Crippen LogP contribution in [0, 0.1) is 5.92 Å². The molecule has 0 aromatic heterocycles. The first-order chi connectivity index (χ1) is 14.4. The molecule has 2 aliphatic rings. The number of rotatable bonds is 7. The molecule has 5 nitrogen and oxygen atoms in total. The summed E-state index contributed by atoms with van der Waals surface area (Å²) in [5.41, 5.74) is 1.58. The van der Waals surface area contributed by atoms with Crippen molar-refractivity contribution >= 4 is 15.9 Å². The van der Waals surface area contributed by atoms with Gasteiger partial charge in [0.2, 0.25) is 5.92 Å². The Morgan fingerprint density at radius 1 is 1.00 bits per heavy atom. The first-order valence-electron chi connectivity index (χ1n) is 9.63. The quantitative estimate of drug-likeness (QED) is 0.473. The molecule has 4 rings (SSSR count). The largest absolute Gasteiger partial charge is 0.484 e. The predicted molar refractivity (Wildman–Crippen MR) is 109 cm³/mol. The van der Waals surface area contributed by atoms with Gasteiger partial charge in [0.1, 0.15) is 23.4 Å². The molecule has 0 amide bonds. The highest BCUT2D eigenvalue weighted by Gasteiger charge is 2.53. The second-order valence-electron chi connectivity index (χ2n) is 7.57. The van der Waals surface area contributed by atoms with E-state index < -0.39 is 12.0 Å². The van der Waals surface area contributed by atoms with E-state index in [2.05, 4.69) is 15.9 Å². The highest BCUT2D eigenvalue weighted by atomic mass is 79.9. The van der Waals surface area contributed by atoms with Crippen molar-refractivity contribution in [3.63, 3.8) is 0 Å². The summed E-state index contributed by atoms with van der Waals surface area (Å²) in [6.07, 6.45) is -0.904. The third-order valence-electron chi connectivity index (χ3n) is 5.54. The lowest BCUT2D eigenvalue weighted by Gasteiger charge is -2.36. The van der Waals surface area contributed by atoms with Crippen LogP contribution in [0.2, 0.25) is 0 Å². The van der Waals surface area contributed by atoms with Crippen LogP contribution in [0.1, 0.15) is 36.0 Å². The lowest BCUT2D eigenvalue weighted by atomic mass is 9.80. The molecule has 2 aromatic carbocycles. The Hall–Kier alpha value is -1.90. The van der Waals surface area contributed by atoms with Crippen LogP contribution in [0.5, 0.6) is 17.2 Å². The van der Waals surface area contributed by atoms with Gasteiger partial charge in [-0.2, -0.15) is 0 Å². The van der Waals surface area contributed by atoms with Crippen LogP contribution >= 0.6 is 15.9 Å². The van der Waals surface area contributed by atoms with E-state index in [1.165, 1.54) is 7.11 Å². The van der Waals surface area contributed by atoms with Gasteiger partial charge >= 0.3 is 0 Å². The van der Waals surface area contributed by atoms with Gasteiger partial charge in [0, 0.05) is 44.5 Å². The van der Waals surface area contributed by atoms with Crippen LogP contribution < -0.4 is 14.2 Å². The number of halogens is 3. The summed E-state index contributed by atoms with van der Waals surface area (Å²) >= 11 is 3.52. The van der Waals surface area contributed by atoms with Crippen molar-refractivity contribution in [2.45, 2.75) is 30.8 Å². The Kier molecular flexibility index (Phi) is 6.18. The van der Waals surface area contributed by atoms with E-state index in [0.29, 0.717) is 21.7 Å². The maximum atomic E-state index is 14.5. The van der Waals surface area contributed by atoms with Crippen molar-refractivity contribution in [2.24, 2.45) is 5.92 Å². The molecule has 0 bridgehead atoms. The smallest absolute Gasteiger partial charge is 0.249 e. The zero-order valence-electron chi connectivity index (χ0n) is 16.7. The third-order valence-corrected chi connectivity index (χ3v) is 6.13. The fourth-order valence-corrected chi connectivity index (χ4v) is 4.86. The number of ether oxygens (including phenoxy) is 5. The van der Waals surface area contributed by atoms with E-state index in [0.717, 1.165) is 11.1 Å². The minimum atomic E-state index is -2.74. The normalized spacial score (nSPS) is 24.0. The minimum absolute atomic E-state index is 0.0798. The second-order valence-corrected chi connectivity index (χ2v) is 8.42. The summed E-state index contributed by atoms with van der Waals surface area (Å²) in [4.78, 5) is 0. The van der Waals surface area contributed by atoms with Crippen molar-refractivity contribution in [3.05, 3.63) is 52.0 Å². The fourth-order valence-electron chi connectivity index (χ4n) is 4.31. The van der Waals surface area contributed by atoms with Gasteiger partial charge in [-0.3, -0.25) is 0 Å². The topological polar surface area (TPSA) is 46.2 Å². The Labute approximate surface area is 182 Å². The second kappa shape index (κ2) is 8.69. The van der Waals surface area contributed by atoms with Crippen LogP contribution in [-0.2, 0) is 9.47 Å². The molecule has 0 spiro atoms. The van der Waals surface area contributed by atoms with Crippen molar-refractivity contribution in [3.8, 4) is 17.2 Å². The Bertz CT molecular complexity index is 890. The molecule has 8 heteroatoms. The van der Waals surface area contributed by atoms with Gasteiger partial charge in [-0.1, -0.05) is 12.1 Å². The molecule has 1 aliphatic carbocycles. The van der Waals surface area contributed by atoms with Crippen LogP contribution in [-0.4, -0.2) is 33.7 Å². The predicted octanol–water partition coefficient (Wildman–Crippen LogP) is 5.68. The van der Waals surface area contributed by atoms with E-state index >= 15 is 0 Å². The van der Waals surface area contributed by atoms with E-state index in [-0.39, 0.29) is 38.3 Å². The average molecular weight is 485 g/mol. The summed E-state index contributed by atoms with van der Waals surface area (Å²) < 4.78 is 56.8. The lowest BCUT2D eigenvalue weighted by Crippen LogP contribution is -2.27. The molecule has 162 valence electrons. The first-order valence-corrected chi connectivity index (χ1v) is 10.4. The summed E-state index contributed by atoms with van der Waals surface area (Å²) in [7, 11) is 3.08. The molecule has 1 fully saturated rings. The number of hydrogen-bond donors (Lipinski definition) is 0. The molecule has 0 unspecified atom stereocenters. The first kappa shape index (κ1) is 21.3. The maximum absolute atomic E-state index is 14.5. The molecular weight excluding hydrogens is 462 g/mol. The Morgan fingerprint density at radius 3 is 2.33 bits per heavy atom. The van der Waals surface area contributed by atoms with E-state index in [9.17, 15) is 8.78 Å². The highest BCUT2D eigenvalue weighted by Crippen LogP contribution is 2.60. The number of alkyl halides is 2. The zero-order chi connectivity index (χ0) is 21.3. The molecule has 0 radical (unpaired) electrons. The number of benzene rings is 2. The van der Waals surface area contributed by atoms with Gasteiger partial charge in [0.15, 0.2) is 13.6 Å². The molecule has 0 N–H and O–H groups in total. The SMILES string of the molecule is COCOc1ccc([C@H]2Oc3c(Br)cc(OCOC)cc3[C@H]3CC(F)(F)C[C@H]32)cc1. The van der Waals surface area contributed by atoms with Gasteiger partial charge in [-0.25, -0.2) is 8.78 Å². The minimum Gasteiger partial charge on any atom is -0.484 e. The van der Waals surface area contributed by atoms with Gasteiger partial charge in [0.25, 0.3) is 0 Å². The molecule has 30 heavy (non-hydrogen) atoms. The standard InChI is InChI=1S/C22H23BrF2O5/c1-26-11-28-14-5-3-13(4-6-14)20-18-10-22(24,25)9-17(18)16-7-15(29-12-27-2)8-19(23)21(16)30-20/h3-8,17-18,20H,9-12H2,1-2H3/t17-,18-,20-/m1/s1. The summed E-state index contributed by atoms with van der Waals surface area (Å²) in [5.74, 6) is -1.63. The summed E-state index contributed by atoms with van der Waals surface area (Å²) in [5, 5.41) is 0. The molecule has 2 aromatic rings. The fraction of sp³-hybridized carbons (Fsp3) is 0.455. The summed E-state index contributed by atoms with van der Waals surface area (Å²) in [6.45, 7) is 0.223. The van der Waals surface area contributed by atoms with E-state index in [1.807, 2.05) is 12.1 Å². The monoisotopic (exact) mass is 484 g/mol. The molecule has 0 saturated heterocycles. The van der Waals surface area contributed by atoms with E-state index in [1.54, 1.807) is 31.4 Å². The lowest BCUT2D eigenvalue weighted by molar-refractivity contribution is -0.00237. The van der Waals surface area contributed by atoms with Crippen LogP contribution in [0.3, 0.4) is 0 Å². The van der Waals surface area contributed by atoms with Crippen LogP contribution in [0.4, 0.5) is 8.78 Å². The maximum Gasteiger partial charge on any atom is 0.249 e.